The zero-order chi connectivity index (χ0) is 24.0. The molecule has 2 aliphatic heterocycles. The Morgan fingerprint density at radius 2 is 1.77 bits per heavy atom. The minimum Gasteiger partial charge on any atom is -0.384 e. The summed E-state index contributed by atoms with van der Waals surface area (Å²) in [5.74, 6) is -4.30. The van der Waals surface area contributed by atoms with E-state index in [0.717, 1.165) is 19.2 Å². The normalized spacial score (nSPS) is 34.8. The molecule has 0 amide bonds. The number of amidine groups is 1. The topological polar surface area (TPSA) is 251 Å². The molecule has 2 heterocycles. The van der Waals surface area contributed by atoms with Crippen LogP contribution in [0.1, 0.15) is 6.92 Å². The average Bonchev–Trinajstić information content (AvgIpc) is 2.71. The van der Waals surface area contributed by atoms with Crippen LogP contribution in [0.5, 0.6) is 0 Å². The molecule has 6 atom stereocenters. The van der Waals surface area contributed by atoms with E-state index in [0.29, 0.717) is 4.90 Å². The standard InChI is InChI=1S/C10H18F2N3O13P3/c1-9(4-25-30(21,22)28-31(23,24)27-29(18,19)20)6(16)10(11,12)7(26-9)15-3-2-5(13)14-8(15)17/h2-3,6-8,16-17H,4H2,1H3,(H2,13,14)(H,21,22)(H,23,24)(H2,18,19,20)/t6-,7-,8?,9-/m1/s1. The fourth-order valence-corrected chi connectivity index (χ4v) is 5.62. The number of aliphatic hydroxyl groups excluding tert-OH is 2. The quantitative estimate of drug-likeness (QED) is 0.188. The molecule has 16 nitrogen and oxygen atoms in total. The van der Waals surface area contributed by atoms with Crippen LogP contribution in [0.2, 0.25) is 0 Å². The van der Waals surface area contributed by atoms with E-state index in [1.54, 1.807) is 0 Å². The van der Waals surface area contributed by atoms with Crippen molar-refractivity contribution in [2.75, 3.05) is 6.61 Å². The van der Waals surface area contributed by atoms with Crippen molar-refractivity contribution in [1.29, 1.82) is 0 Å². The number of ether oxygens (including phenoxy) is 1. The van der Waals surface area contributed by atoms with Gasteiger partial charge in [-0.25, -0.2) is 18.7 Å². The van der Waals surface area contributed by atoms with Crippen LogP contribution in [0.25, 0.3) is 0 Å². The maximum absolute atomic E-state index is 14.6. The first-order valence-electron chi connectivity index (χ1n) is 7.77. The van der Waals surface area contributed by atoms with Crippen LogP contribution in [-0.4, -0.2) is 77.3 Å². The molecule has 8 N–H and O–H groups in total. The summed E-state index contributed by atoms with van der Waals surface area (Å²) in [7, 11) is -17.1. The van der Waals surface area contributed by atoms with Gasteiger partial charge in [0.25, 0.3) is 0 Å². The number of nitrogens with two attached hydrogens (primary N) is 1. The number of aliphatic hydroxyl groups is 2. The molecule has 0 radical (unpaired) electrons. The van der Waals surface area contributed by atoms with Crippen LogP contribution in [0, 0.1) is 0 Å². The lowest BCUT2D eigenvalue weighted by Crippen LogP contribution is -2.52. The predicted molar refractivity (Wildman–Crippen MR) is 92.7 cm³/mol. The van der Waals surface area contributed by atoms with Crippen molar-refractivity contribution in [3.05, 3.63) is 12.3 Å². The molecule has 180 valence electrons. The highest BCUT2D eigenvalue weighted by Crippen LogP contribution is 2.66. The molecule has 0 aliphatic carbocycles. The van der Waals surface area contributed by atoms with E-state index >= 15 is 0 Å². The van der Waals surface area contributed by atoms with Gasteiger partial charge in [-0.1, -0.05) is 0 Å². The Labute approximate surface area is 172 Å². The van der Waals surface area contributed by atoms with Gasteiger partial charge in [-0.05, 0) is 13.0 Å². The lowest BCUT2D eigenvalue weighted by Gasteiger charge is -2.34. The summed E-state index contributed by atoms with van der Waals surface area (Å²) in [5, 5.41) is 19.8. The molecule has 0 saturated carbocycles. The van der Waals surface area contributed by atoms with Crippen molar-refractivity contribution in [3.8, 4) is 0 Å². The maximum atomic E-state index is 14.6. The molecule has 1 saturated heterocycles. The summed E-state index contributed by atoms with van der Waals surface area (Å²) < 4.78 is 79.1. The number of nitrogens with zero attached hydrogens (tertiary/aromatic N) is 2. The number of phosphoric acid groups is 3. The van der Waals surface area contributed by atoms with E-state index in [-0.39, 0.29) is 5.84 Å². The Bertz CT molecular complexity index is 911. The largest absolute Gasteiger partial charge is 0.490 e. The predicted octanol–water partition coefficient (Wildman–Crippen LogP) is -1.10. The molecular formula is C10H18F2N3O13P3. The molecule has 0 bridgehead atoms. The smallest absolute Gasteiger partial charge is 0.384 e. The second kappa shape index (κ2) is 8.50. The average molecular weight is 519 g/mol. The molecule has 31 heavy (non-hydrogen) atoms. The summed E-state index contributed by atoms with van der Waals surface area (Å²) >= 11 is 0. The first kappa shape index (κ1) is 26.4. The van der Waals surface area contributed by atoms with E-state index in [1.807, 2.05) is 0 Å². The van der Waals surface area contributed by atoms with Crippen molar-refractivity contribution >= 4 is 29.3 Å². The van der Waals surface area contributed by atoms with Gasteiger partial charge in [0, 0.05) is 6.20 Å². The number of alkyl halides is 2. The Balaban J connectivity index is 2.14. The number of aliphatic imine (C=N–C) groups is 1. The second-order valence-corrected chi connectivity index (χ2v) is 10.8. The van der Waals surface area contributed by atoms with Gasteiger partial charge in [-0.3, -0.25) is 4.52 Å². The fraction of sp³-hybridized carbons (Fsp3) is 0.700. The number of phosphoric ester groups is 1. The van der Waals surface area contributed by atoms with Crippen LogP contribution in [0.15, 0.2) is 17.3 Å². The van der Waals surface area contributed by atoms with Crippen LogP contribution < -0.4 is 5.73 Å². The van der Waals surface area contributed by atoms with Gasteiger partial charge in [0.05, 0.1) is 6.61 Å². The molecule has 1 fully saturated rings. The van der Waals surface area contributed by atoms with Crippen LogP contribution in [0.3, 0.4) is 0 Å². The first-order chi connectivity index (χ1) is 13.8. The number of rotatable bonds is 8. The molecule has 0 aromatic rings. The second-order valence-electron chi connectivity index (χ2n) is 6.39. The zero-order valence-electron chi connectivity index (χ0n) is 15.2. The zero-order valence-corrected chi connectivity index (χ0v) is 17.9. The Hall–Kier alpha value is -0.840. The van der Waals surface area contributed by atoms with Crippen molar-refractivity contribution in [2.24, 2.45) is 10.7 Å². The van der Waals surface area contributed by atoms with E-state index < -0.39 is 60.3 Å². The third kappa shape index (κ3) is 6.36. The molecule has 0 spiro atoms. The van der Waals surface area contributed by atoms with Crippen molar-refractivity contribution in [1.82, 2.24) is 4.90 Å². The minimum atomic E-state index is -5.84. The molecule has 2 aliphatic rings. The molecule has 21 heteroatoms. The maximum Gasteiger partial charge on any atom is 0.490 e. The highest BCUT2D eigenvalue weighted by atomic mass is 31.3. The fourth-order valence-electron chi connectivity index (χ4n) is 2.51. The van der Waals surface area contributed by atoms with Crippen LogP contribution in [-0.2, 0) is 31.6 Å². The Morgan fingerprint density at radius 1 is 1.19 bits per heavy atom. The van der Waals surface area contributed by atoms with Gasteiger partial charge in [0.15, 0.2) is 6.10 Å². The SMILES string of the molecule is C[C@]1(COP(=O)(O)OP(=O)(O)OP(=O)(O)O)O[C@@H](N2C=CC(N)=NC2O)C(F)(F)[C@@H]1O. The van der Waals surface area contributed by atoms with E-state index in [4.69, 9.17) is 25.2 Å². The van der Waals surface area contributed by atoms with Crippen LogP contribution >= 0.6 is 23.5 Å². The highest BCUT2D eigenvalue weighted by molar-refractivity contribution is 7.66. The van der Waals surface area contributed by atoms with Gasteiger partial charge in [0.2, 0.25) is 12.6 Å². The molecule has 0 aromatic carbocycles. The molecule has 2 rings (SSSR count). The molecule has 3 unspecified atom stereocenters. The lowest BCUT2D eigenvalue weighted by molar-refractivity contribution is -0.191. The molecule has 0 aromatic heterocycles. The van der Waals surface area contributed by atoms with Crippen molar-refractivity contribution in [3.63, 3.8) is 0 Å². The van der Waals surface area contributed by atoms with Gasteiger partial charge < -0.3 is 45.2 Å². The summed E-state index contributed by atoms with van der Waals surface area (Å²) in [6.07, 6.45) is -5.05. The monoisotopic (exact) mass is 519 g/mol. The van der Waals surface area contributed by atoms with Gasteiger partial charge in [0.1, 0.15) is 11.4 Å². The van der Waals surface area contributed by atoms with E-state index in [1.165, 1.54) is 0 Å². The van der Waals surface area contributed by atoms with E-state index in [9.17, 15) is 37.6 Å². The van der Waals surface area contributed by atoms with Crippen molar-refractivity contribution in [2.45, 2.75) is 37.1 Å². The van der Waals surface area contributed by atoms with Gasteiger partial charge >= 0.3 is 29.4 Å². The summed E-state index contributed by atoms with van der Waals surface area (Å²) in [6.45, 7) is -0.545. The summed E-state index contributed by atoms with van der Waals surface area (Å²) in [5.41, 5.74) is 2.86. The number of halogens is 2. The third-order valence-electron chi connectivity index (χ3n) is 3.80. The summed E-state index contributed by atoms with van der Waals surface area (Å²) in [4.78, 5) is 39.4. The lowest BCUT2D eigenvalue weighted by atomic mass is 9.98. The Morgan fingerprint density at radius 3 is 2.29 bits per heavy atom. The third-order valence-corrected chi connectivity index (χ3v) is 7.59. The first-order valence-corrected chi connectivity index (χ1v) is 12.3. The van der Waals surface area contributed by atoms with E-state index in [2.05, 4.69) is 18.1 Å². The number of hydrogen-bond donors (Lipinski definition) is 7. The Kier molecular flexibility index (Phi) is 7.24. The number of hydrogen-bond acceptors (Lipinski definition) is 12. The van der Waals surface area contributed by atoms with Gasteiger partial charge in [-0.15, -0.1) is 0 Å². The minimum absolute atomic E-state index is 0.193. The molecular weight excluding hydrogens is 501 g/mol. The van der Waals surface area contributed by atoms with Crippen molar-refractivity contribution < 1.29 is 70.1 Å². The van der Waals surface area contributed by atoms with Crippen LogP contribution in [0.4, 0.5) is 8.78 Å². The van der Waals surface area contributed by atoms with Gasteiger partial charge in [-0.2, -0.15) is 17.4 Å². The highest BCUT2D eigenvalue weighted by Gasteiger charge is 2.66. The summed E-state index contributed by atoms with van der Waals surface area (Å²) in [6, 6.07) is 0.